The van der Waals surface area contributed by atoms with Crippen LogP contribution in [0.3, 0.4) is 0 Å². The van der Waals surface area contributed by atoms with E-state index in [4.69, 9.17) is 0 Å². The van der Waals surface area contributed by atoms with Gasteiger partial charge in [0.05, 0.1) is 11.3 Å². The molecular weight excluding hydrogens is 386 g/mol. The molecular formula is C26H25N3O2. The summed E-state index contributed by atoms with van der Waals surface area (Å²) in [5, 5.41) is 3.49. The second-order valence-corrected chi connectivity index (χ2v) is 8.04. The van der Waals surface area contributed by atoms with E-state index < -0.39 is 5.66 Å². The molecule has 2 amide bonds. The predicted octanol–water partition coefficient (Wildman–Crippen LogP) is 5.15. The van der Waals surface area contributed by atoms with E-state index in [-0.39, 0.29) is 11.8 Å². The molecule has 2 aliphatic rings. The highest BCUT2D eigenvalue weighted by Gasteiger charge is 2.59. The maximum absolute atomic E-state index is 14.1. The lowest BCUT2D eigenvalue weighted by molar-refractivity contribution is -0.122. The van der Waals surface area contributed by atoms with Gasteiger partial charge in [-0.3, -0.25) is 14.5 Å². The number of carbonyl (C=O) groups is 2. The maximum atomic E-state index is 14.1. The number of anilines is 3. The molecule has 5 nitrogen and oxygen atoms in total. The van der Waals surface area contributed by atoms with Gasteiger partial charge < -0.3 is 10.2 Å². The normalized spacial score (nSPS) is 19.4. The van der Waals surface area contributed by atoms with Crippen molar-refractivity contribution >= 4 is 28.9 Å². The molecule has 0 radical (unpaired) electrons. The topological polar surface area (TPSA) is 52.7 Å². The molecule has 0 saturated heterocycles. The van der Waals surface area contributed by atoms with Crippen LogP contribution in [0.1, 0.15) is 42.1 Å². The molecule has 0 aliphatic carbocycles. The van der Waals surface area contributed by atoms with Gasteiger partial charge in [-0.05, 0) is 36.8 Å². The van der Waals surface area contributed by atoms with E-state index in [1.807, 2.05) is 77.7 Å². The average Bonchev–Trinajstić information content (AvgIpc) is 3.03. The van der Waals surface area contributed by atoms with Crippen LogP contribution in [0.5, 0.6) is 0 Å². The van der Waals surface area contributed by atoms with Gasteiger partial charge in [-0.1, -0.05) is 68.3 Å². The van der Waals surface area contributed by atoms with Crippen LogP contribution in [0.2, 0.25) is 0 Å². The molecule has 5 heteroatoms. The zero-order valence-corrected chi connectivity index (χ0v) is 17.5. The average molecular weight is 412 g/mol. The fraction of sp³-hybridized carbons (Fsp3) is 0.231. The molecule has 0 bridgehead atoms. The Labute approximate surface area is 182 Å². The summed E-state index contributed by atoms with van der Waals surface area (Å²) >= 11 is 0. The number of nitrogens with one attached hydrogen (secondary N) is 1. The zero-order valence-electron chi connectivity index (χ0n) is 17.5. The summed E-state index contributed by atoms with van der Waals surface area (Å²) in [7, 11) is 0. The van der Waals surface area contributed by atoms with Crippen molar-refractivity contribution < 1.29 is 9.59 Å². The van der Waals surface area contributed by atoms with Crippen LogP contribution in [0.4, 0.5) is 17.1 Å². The van der Waals surface area contributed by atoms with Crippen molar-refractivity contribution in [3.8, 4) is 0 Å². The van der Waals surface area contributed by atoms with E-state index in [0.717, 1.165) is 30.5 Å². The Bertz CT molecular complexity index is 1140. The van der Waals surface area contributed by atoms with Crippen LogP contribution in [0, 0.1) is 0 Å². The van der Waals surface area contributed by atoms with Crippen molar-refractivity contribution in [2.75, 3.05) is 21.7 Å². The Morgan fingerprint density at radius 3 is 2.35 bits per heavy atom. The summed E-state index contributed by atoms with van der Waals surface area (Å²) in [6, 6.07) is 24.7. The zero-order chi connectivity index (χ0) is 21.4. The number of hydrogen-bond donors (Lipinski definition) is 1. The van der Waals surface area contributed by atoms with Crippen LogP contribution in [-0.4, -0.2) is 18.4 Å². The lowest BCUT2D eigenvalue weighted by atomic mass is 9.92. The number of rotatable bonds is 5. The molecule has 1 N–H and O–H groups in total. The van der Waals surface area contributed by atoms with Crippen molar-refractivity contribution in [1.82, 2.24) is 0 Å². The molecule has 156 valence electrons. The van der Waals surface area contributed by atoms with Gasteiger partial charge in [0.25, 0.3) is 11.8 Å². The highest BCUT2D eigenvalue weighted by atomic mass is 16.2. The van der Waals surface area contributed by atoms with E-state index in [9.17, 15) is 9.59 Å². The van der Waals surface area contributed by atoms with Crippen molar-refractivity contribution in [3.05, 3.63) is 90.0 Å². The fourth-order valence-corrected chi connectivity index (χ4v) is 4.70. The molecule has 1 spiro atoms. The van der Waals surface area contributed by atoms with Gasteiger partial charge in [0.2, 0.25) is 5.66 Å². The van der Waals surface area contributed by atoms with Crippen LogP contribution in [-0.2, 0) is 10.5 Å². The molecule has 3 aromatic rings. The molecule has 31 heavy (non-hydrogen) atoms. The second-order valence-electron chi connectivity index (χ2n) is 8.04. The number of carbonyl (C=O) groups excluding carboxylic acids is 2. The Balaban J connectivity index is 1.73. The van der Waals surface area contributed by atoms with E-state index in [1.165, 1.54) is 0 Å². The number of amides is 2. The SMILES string of the molecule is CCCCCN1C(=O)C2(Nc3ccccc3C(=O)N2c2ccccc2)c2ccccc21. The van der Waals surface area contributed by atoms with E-state index >= 15 is 0 Å². The standard InChI is InChI=1S/C26H25N3O2/c1-2-3-11-18-28-23-17-10-8-15-21(23)26(25(28)31)27-22-16-9-7-14-20(22)24(30)29(26)19-12-5-4-6-13-19/h4-10,12-17,27H,2-3,11,18H2,1H3. The summed E-state index contributed by atoms with van der Waals surface area (Å²) in [6.45, 7) is 2.78. The van der Waals surface area contributed by atoms with Gasteiger partial charge in [-0.25, -0.2) is 0 Å². The third-order valence-corrected chi connectivity index (χ3v) is 6.15. The summed E-state index contributed by atoms with van der Waals surface area (Å²) in [6.07, 6.45) is 3.05. The number of benzene rings is 3. The summed E-state index contributed by atoms with van der Waals surface area (Å²) in [5.74, 6) is -0.296. The van der Waals surface area contributed by atoms with Gasteiger partial charge in [0, 0.05) is 23.5 Å². The van der Waals surface area contributed by atoms with Gasteiger partial charge in [0.1, 0.15) is 0 Å². The molecule has 0 aromatic heterocycles. The van der Waals surface area contributed by atoms with Crippen LogP contribution in [0.15, 0.2) is 78.9 Å². The predicted molar refractivity (Wildman–Crippen MR) is 123 cm³/mol. The number of unbranched alkanes of at least 4 members (excludes halogenated alkanes) is 2. The van der Waals surface area contributed by atoms with E-state index in [2.05, 4.69) is 12.2 Å². The van der Waals surface area contributed by atoms with Crippen LogP contribution < -0.4 is 15.1 Å². The smallest absolute Gasteiger partial charge is 0.279 e. The summed E-state index contributed by atoms with van der Waals surface area (Å²) in [4.78, 5) is 31.4. The number of hydrogen-bond acceptors (Lipinski definition) is 3. The molecule has 2 aliphatic heterocycles. The van der Waals surface area contributed by atoms with Gasteiger partial charge >= 0.3 is 0 Å². The van der Waals surface area contributed by atoms with Crippen molar-refractivity contribution in [2.45, 2.75) is 31.8 Å². The molecule has 0 fully saturated rings. The Hall–Kier alpha value is -3.60. The Morgan fingerprint density at radius 1 is 0.839 bits per heavy atom. The van der Waals surface area contributed by atoms with E-state index in [0.29, 0.717) is 23.5 Å². The third kappa shape index (κ3) is 2.84. The molecule has 3 aromatic carbocycles. The first-order valence-electron chi connectivity index (χ1n) is 10.9. The molecule has 1 atom stereocenters. The largest absolute Gasteiger partial charge is 0.350 e. The number of para-hydroxylation sites is 3. The minimum Gasteiger partial charge on any atom is -0.350 e. The Morgan fingerprint density at radius 2 is 1.55 bits per heavy atom. The minimum absolute atomic E-state index is 0.114. The third-order valence-electron chi connectivity index (χ3n) is 6.15. The lowest BCUT2D eigenvalue weighted by Crippen LogP contribution is -2.63. The first kappa shape index (κ1) is 19.4. The number of nitrogens with zero attached hydrogens (tertiary/aromatic N) is 2. The second kappa shape index (κ2) is 7.58. The quantitative estimate of drug-likeness (QED) is 0.591. The fourth-order valence-electron chi connectivity index (χ4n) is 4.70. The van der Waals surface area contributed by atoms with E-state index in [1.54, 1.807) is 11.0 Å². The highest BCUT2D eigenvalue weighted by Crippen LogP contribution is 2.49. The lowest BCUT2D eigenvalue weighted by Gasteiger charge is -2.45. The van der Waals surface area contributed by atoms with Gasteiger partial charge in [0.15, 0.2) is 0 Å². The van der Waals surface area contributed by atoms with Gasteiger partial charge in [-0.15, -0.1) is 0 Å². The molecule has 1 unspecified atom stereocenters. The molecule has 2 heterocycles. The molecule has 5 rings (SSSR count). The monoisotopic (exact) mass is 411 g/mol. The van der Waals surface area contributed by atoms with Crippen molar-refractivity contribution in [3.63, 3.8) is 0 Å². The highest BCUT2D eigenvalue weighted by molar-refractivity contribution is 6.22. The number of fused-ring (bicyclic) bond motifs is 3. The Kier molecular flexibility index (Phi) is 4.74. The first-order chi connectivity index (χ1) is 15.2. The first-order valence-corrected chi connectivity index (χ1v) is 10.9. The van der Waals surface area contributed by atoms with Crippen molar-refractivity contribution in [1.29, 1.82) is 0 Å². The van der Waals surface area contributed by atoms with Gasteiger partial charge in [-0.2, -0.15) is 0 Å². The minimum atomic E-state index is -1.31. The summed E-state index contributed by atoms with van der Waals surface area (Å²) < 4.78 is 0. The maximum Gasteiger partial charge on any atom is 0.279 e. The van der Waals surface area contributed by atoms with Crippen LogP contribution in [0.25, 0.3) is 0 Å². The van der Waals surface area contributed by atoms with Crippen LogP contribution >= 0.6 is 0 Å². The summed E-state index contributed by atoms with van der Waals surface area (Å²) in [5.41, 5.74) is 2.29. The van der Waals surface area contributed by atoms with Crippen molar-refractivity contribution in [2.24, 2.45) is 0 Å². The molecule has 0 saturated carbocycles.